The molecule has 0 spiro atoms. The van der Waals surface area contributed by atoms with Gasteiger partial charge in [0.2, 0.25) is 0 Å². The van der Waals surface area contributed by atoms with Crippen molar-refractivity contribution in [1.29, 1.82) is 0 Å². The second-order valence-electron chi connectivity index (χ2n) is 7.51. The van der Waals surface area contributed by atoms with Crippen LogP contribution < -0.4 is 10.9 Å². The fraction of sp³-hybridized carbons (Fsp3) is 0.300. The molecule has 2 heterocycles. The summed E-state index contributed by atoms with van der Waals surface area (Å²) in [5.41, 5.74) is 0.483. The van der Waals surface area contributed by atoms with Crippen LogP contribution in [0.5, 0.6) is 0 Å². The Balaban J connectivity index is 1.76. The number of nitrogens with one attached hydrogen (secondary N) is 2. The Kier molecular flexibility index (Phi) is 5.42. The third-order valence-corrected chi connectivity index (χ3v) is 5.02. The van der Waals surface area contributed by atoms with Crippen molar-refractivity contribution in [3.63, 3.8) is 0 Å². The third kappa shape index (κ3) is 4.51. The number of carbonyl (C=O) groups is 1. The Morgan fingerprint density at radius 2 is 1.93 bits per heavy atom. The summed E-state index contributed by atoms with van der Waals surface area (Å²) in [7, 11) is 0. The average molecular weight is 400 g/mol. The van der Waals surface area contributed by atoms with Crippen molar-refractivity contribution in [3.8, 4) is 0 Å². The molecule has 0 radical (unpaired) electrons. The lowest BCUT2D eigenvalue weighted by atomic mass is 9.95. The highest BCUT2D eigenvalue weighted by molar-refractivity contribution is 7.15. The van der Waals surface area contributed by atoms with Gasteiger partial charge in [-0.1, -0.05) is 32.9 Å². The number of aromatic nitrogens is 3. The van der Waals surface area contributed by atoms with E-state index < -0.39 is 11.5 Å². The van der Waals surface area contributed by atoms with Crippen molar-refractivity contribution in [3.05, 3.63) is 74.2 Å². The largest absolute Gasteiger partial charge is 0.309 e. The van der Waals surface area contributed by atoms with E-state index >= 15 is 0 Å². The molecule has 1 aromatic carbocycles. The number of carbonyl (C=O) groups excluding carboxylic acids is 1. The molecular formula is C20H21FN4O2S. The summed E-state index contributed by atoms with van der Waals surface area (Å²) in [6, 6.07) is 6.22. The van der Waals surface area contributed by atoms with Gasteiger partial charge in [-0.15, -0.1) is 11.3 Å². The van der Waals surface area contributed by atoms with Crippen LogP contribution in [0.4, 0.5) is 9.52 Å². The van der Waals surface area contributed by atoms with Crippen LogP contribution in [0.2, 0.25) is 0 Å². The van der Waals surface area contributed by atoms with Gasteiger partial charge in [0, 0.05) is 22.9 Å². The summed E-state index contributed by atoms with van der Waals surface area (Å²) in [6.07, 6.45) is 2.23. The maximum atomic E-state index is 13.0. The second kappa shape index (κ2) is 7.63. The number of hydrogen-bond donors (Lipinski definition) is 2. The number of anilines is 1. The topological polar surface area (TPSA) is 87.7 Å². The molecule has 2 aromatic heterocycles. The summed E-state index contributed by atoms with van der Waals surface area (Å²) < 4.78 is 13.0. The van der Waals surface area contributed by atoms with Crippen LogP contribution in [0.25, 0.3) is 0 Å². The fourth-order valence-electron chi connectivity index (χ4n) is 2.62. The van der Waals surface area contributed by atoms with E-state index in [0.717, 1.165) is 10.4 Å². The number of aromatic amines is 1. The van der Waals surface area contributed by atoms with Gasteiger partial charge in [0.05, 0.1) is 5.69 Å². The highest BCUT2D eigenvalue weighted by Crippen LogP contribution is 2.22. The van der Waals surface area contributed by atoms with E-state index in [1.807, 2.05) is 20.8 Å². The number of nitrogens with zero attached hydrogens (tertiary/aromatic N) is 2. The molecule has 0 aliphatic heterocycles. The molecule has 146 valence electrons. The molecule has 6 nitrogen and oxygen atoms in total. The molecule has 3 rings (SSSR count). The number of hydrogen-bond acceptors (Lipinski definition) is 5. The lowest BCUT2D eigenvalue weighted by Gasteiger charge is -2.18. The highest BCUT2D eigenvalue weighted by Gasteiger charge is 2.22. The Morgan fingerprint density at radius 1 is 1.25 bits per heavy atom. The zero-order chi connectivity index (χ0) is 20.5. The normalized spacial score (nSPS) is 11.5. The standard InChI is InChI=1S/C20H21FN4O2S/c1-11-15(16(26)24-18(23-11)20(2,3)4)17(27)25-19-22-10-14(28-19)9-12-5-7-13(21)8-6-12/h5-8,10H,9H2,1-4H3,(H,22,25,27)(H,23,24,26). The van der Waals surface area contributed by atoms with E-state index in [1.165, 1.54) is 23.5 Å². The van der Waals surface area contributed by atoms with Crippen LogP contribution in [0, 0.1) is 12.7 Å². The van der Waals surface area contributed by atoms with Gasteiger partial charge in [-0.3, -0.25) is 14.9 Å². The minimum atomic E-state index is -0.547. The molecule has 0 saturated heterocycles. The monoisotopic (exact) mass is 400 g/mol. The van der Waals surface area contributed by atoms with Crippen LogP contribution in [0.15, 0.2) is 35.3 Å². The smallest absolute Gasteiger partial charge is 0.264 e. The van der Waals surface area contributed by atoms with Gasteiger partial charge in [-0.25, -0.2) is 14.4 Å². The van der Waals surface area contributed by atoms with Crippen molar-refractivity contribution >= 4 is 22.4 Å². The SMILES string of the molecule is Cc1nc(C(C)(C)C)[nH]c(=O)c1C(=O)Nc1ncc(Cc2ccc(F)cc2)s1. The van der Waals surface area contributed by atoms with E-state index in [2.05, 4.69) is 20.3 Å². The molecule has 0 aliphatic rings. The number of H-pyrrole nitrogens is 1. The molecule has 0 aliphatic carbocycles. The maximum Gasteiger partial charge on any atom is 0.264 e. The minimum Gasteiger partial charge on any atom is -0.309 e. The number of aryl methyl sites for hydroxylation is 1. The average Bonchev–Trinajstić information content (AvgIpc) is 3.02. The lowest BCUT2D eigenvalue weighted by Crippen LogP contribution is -2.30. The lowest BCUT2D eigenvalue weighted by molar-refractivity contribution is 0.102. The third-order valence-electron chi connectivity index (χ3n) is 4.10. The first-order chi connectivity index (χ1) is 13.1. The van der Waals surface area contributed by atoms with E-state index in [4.69, 9.17) is 0 Å². The van der Waals surface area contributed by atoms with Crippen LogP contribution in [0.1, 0.15) is 53.1 Å². The molecule has 0 saturated carbocycles. The first kappa shape index (κ1) is 19.9. The quantitative estimate of drug-likeness (QED) is 0.697. The van der Waals surface area contributed by atoms with Gasteiger partial charge in [-0.05, 0) is 24.6 Å². The van der Waals surface area contributed by atoms with Gasteiger partial charge >= 0.3 is 0 Å². The van der Waals surface area contributed by atoms with Gasteiger partial charge in [0.1, 0.15) is 17.2 Å². The number of halogens is 1. The Morgan fingerprint density at radius 3 is 2.54 bits per heavy atom. The predicted octanol–water partition coefficient (Wildman–Crippen LogP) is 3.81. The van der Waals surface area contributed by atoms with Gasteiger partial charge in [0.25, 0.3) is 11.5 Å². The molecule has 0 fully saturated rings. The fourth-order valence-corrected chi connectivity index (χ4v) is 3.46. The predicted molar refractivity (Wildman–Crippen MR) is 108 cm³/mol. The van der Waals surface area contributed by atoms with E-state index in [9.17, 15) is 14.0 Å². The first-order valence-corrected chi connectivity index (χ1v) is 9.57. The number of amides is 1. The minimum absolute atomic E-state index is 0.0247. The molecule has 0 unspecified atom stereocenters. The molecule has 8 heteroatoms. The number of rotatable bonds is 4. The number of thiazole rings is 1. The van der Waals surface area contributed by atoms with Gasteiger partial charge < -0.3 is 4.98 Å². The van der Waals surface area contributed by atoms with Crippen molar-refractivity contribution in [2.45, 2.75) is 39.5 Å². The van der Waals surface area contributed by atoms with Crippen LogP contribution in [0.3, 0.4) is 0 Å². The van der Waals surface area contributed by atoms with Gasteiger partial charge in [-0.2, -0.15) is 0 Å². The molecule has 0 atom stereocenters. The Hall–Kier alpha value is -2.87. The molecule has 28 heavy (non-hydrogen) atoms. The van der Waals surface area contributed by atoms with Gasteiger partial charge in [0.15, 0.2) is 5.13 Å². The Bertz CT molecular complexity index is 1070. The summed E-state index contributed by atoms with van der Waals surface area (Å²) >= 11 is 1.30. The van der Waals surface area contributed by atoms with Crippen molar-refractivity contribution in [1.82, 2.24) is 15.0 Å². The van der Waals surface area contributed by atoms with E-state index in [0.29, 0.717) is 23.1 Å². The van der Waals surface area contributed by atoms with Crippen LogP contribution in [-0.2, 0) is 11.8 Å². The molecular weight excluding hydrogens is 379 g/mol. The first-order valence-electron chi connectivity index (χ1n) is 8.75. The second-order valence-corrected chi connectivity index (χ2v) is 8.63. The molecule has 3 aromatic rings. The zero-order valence-corrected chi connectivity index (χ0v) is 16.9. The van der Waals surface area contributed by atoms with Crippen molar-refractivity contribution in [2.24, 2.45) is 0 Å². The highest BCUT2D eigenvalue weighted by atomic mass is 32.1. The molecule has 1 amide bonds. The van der Waals surface area contributed by atoms with E-state index in [-0.39, 0.29) is 16.8 Å². The van der Waals surface area contributed by atoms with Crippen molar-refractivity contribution < 1.29 is 9.18 Å². The molecule has 2 N–H and O–H groups in total. The molecule has 0 bridgehead atoms. The van der Waals surface area contributed by atoms with Crippen molar-refractivity contribution in [2.75, 3.05) is 5.32 Å². The summed E-state index contributed by atoms with van der Waals surface area (Å²) in [5, 5.41) is 3.05. The zero-order valence-electron chi connectivity index (χ0n) is 16.1. The van der Waals surface area contributed by atoms with Crippen LogP contribution >= 0.6 is 11.3 Å². The van der Waals surface area contributed by atoms with E-state index in [1.54, 1.807) is 25.3 Å². The van der Waals surface area contributed by atoms with Crippen LogP contribution in [-0.4, -0.2) is 20.9 Å². The summed E-state index contributed by atoms with van der Waals surface area (Å²) in [6.45, 7) is 7.44. The number of benzene rings is 1. The summed E-state index contributed by atoms with van der Waals surface area (Å²) in [4.78, 5) is 37.1. The maximum absolute atomic E-state index is 13.0. The Labute approximate surface area is 165 Å². The summed E-state index contributed by atoms with van der Waals surface area (Å²) in [5.74, 6) is -0.301.